The normalized spacial score (nSPS) is 17.8. The number of aryl methyl sites for hydroxylation is 1. The molecule has 22 heavy (non-hydrogen) atoms. The SMILES string of the molecule is CC(=C/C=C/C(C)=C/C(=O)O)/C=C1\CCCc2ccccc21. The number of allylic oxidation sites excluding steroid dienone is 7. The number of rotatable bonds is 4. The molecule has 0 spiro atoms. The van der Waals surface area contributed by atoms with E-state index in [1.807, 2.05) is 18.2 Å². The fourth-order valence-electron chi connectivity index (χ4n) is 2.72. The van der Waals surface area contributed by atoms with Crippen molar-refractivity contribution >= 4 is 11.5 Å². The highest BCUT2D eigenvalue weighted by molar-refractivity contribution is 5.81. The summed E-state index contributed by atoms with van der Waals surface area (Å²) in [5.74, 6) is -0.913. The molecule has 0 aliphatic heterocycles. The standard InChI is InChI=1S/C20H22O2/c1-15(7-5-8-16(2)14-20(21)22)13-18-11-6-10-17-9-3-4-12-19(17)18/h3-5,7-9,12-14H,6,10-11H2,1-2H3,(H,21,22)/b8-5+,15-7-,16-14+,18-13+. The number of carboxylic acid groups (broad SMARTS) is 1. The van der Waals surface area contributed by atoms with E-state index in [9.17, 15) is 4.79 Å². The first-order chi connectivity index (χ1) is 10.6. The Morgan fingerprint density at radius 1 is 1.14 bits per heavy atom. The third-order valence-corrected chi connectivity index (χ3v) is 3.73. The van der Waals surface area contributed by atoms with Gasteiger partial charge in [0.05, 0.1) is 0 Å². The van der Waals surface area contributed by atoms with E-state index in [1.165, 1.54) is 34.8 Å². The molecular weight excluding hydrogens is 272 g/mol. The molecule has 2 heteroatoms. The molecule has 0 heterocycles. The summed E-state index contributed by atoms with van der Waals surface area (Å²) in [6, 6.07) is 8.60. The monoisotopic (exact) mass is 294 g/mol. The number of benzene rings is 1. The van der Waals surface area contributed by atoms with Gasteiger partial charge in [-0.25, -0.2) is 4.79 Å². The summed E-state index contributed by atoms with van der Waals surface area (Å²) in [4.78, 5) is 10.6. The Hall–Kier alpha value is -2.35. The molecule has 0 atom stereocenters. The van der Waals surface area contributed by atoms with Gasteiger partial charge in [-0.2, -0.15) is 0 Å². The van der Waals surface area contributed by atoms with Crippen molar-refractivity contribution in [2.45, 2.75) is 33.1 Å². The van der Waals surface area contributed by atoms with Crippen LogP contribution in [-0.2, 0) is 11.2 Å². The summed E-state index contributed by atoms with van der Waals surface area (Å²) in [5, 5.41) is 8.67. The fourth-order valence-corrected chi connectivity index (χ4v) is 2.72. The molecule has 0 saturated heterocycles. The topological polar surface area (TPSA) is 37.3 Å². The number of aliphatic carboxylic acids is 1. The van der Waals surface area contributed by atoms with Crippen molar-refractivity contribution in [1.82, 2.24) is 0 Å². The van der Waals surface area contributed by atoms with Crippen LogP contribution in [-0.4, -0.2) is 11.1 Å². The van der Waals surface area contributed by atoms with Crippen LogP contribution in [0.2, 0.25) is 0 Å². The zero-order chi connectivity index (χ0) is 15.9. The van der Waals surface area contributed by atoms with Crippen LogP contribution in [0.5, 0.6) is 0 Å². The van der Waals surface area contributed by atoms with Crippen LogP contribution in [0.15, 0.2) is 65.8 Å². The highest BCUT2D eigenvalue weighted by Gasteiger charge is 2.12. The Morgan fingerprint density at radius 2 is 1.91 bits per heavy atom. The molecule has 1 aromatic carbocycles. The Labute approximate surface area is 132 Å². The summed E-state index contributed by atoms with van der Waals surface area (Å²) in [5.41, 5.74) is 6.09. The van der Waals surface area contributed by atoms with Crippen molar-refractivity contribution < 1.29 is 9.90 Å². The summed E-state index contributed by atoms with van der Waals surface area (Å²) >= 11 is 0. The van der Waals surface area contributed by atoms with Crippen LogP contribution in [0.1, 0.15) is 37.8 Å². The lowest BCUT2D eigenvalue weighted by atomic mass is 9.86. The highest BCUT2D eigenvalue weighted by atomic mass is 16.4. The lowest BCUT2D eigenvalue weighted by Crippen LogP contribution is -2.01. The molecule has 0 unspecified atom stereocenters. The fraction of sp³-hybridized carbons (Fsp3) is 0.250. The minimum atomic E-state index is -0.913. The Bertz CT molecular complexity index is 673. The van der Waals surface area contributed by atoms with Gasteiger partial charge in [0.15, 0.2) is 0 Å². The summed E-state index contributed by atoms with van der Waals surface area (Å²) in [6.07, 6.45) is 12.6. The Morgan fingerprint density at radius 3 is 2.68 bits per heavy atom. The van der Waals surface area contributed by atoms with Gasteiger partial charge in [-0.05, 0) is 55.4 Å². The Kier molecular flexibility index (Phi) is 5.54. The summed E-state index contributed by atoms with van der Waals surface area (Å²) < 4.78 is 0. The van der Waals surface area contributed by atoms with Crippen molar-refractivity contribution in [1.29, 1.82) is 0 Å². The second kappa shape index (κ2) is 7.60. The van der Waals surface area contributed by atoms with E-state index < -0.39 is 5.97 Å². The van der Waals surface area contributed by atoms with Crippen LogP contribution >= 0.6 is 0 Å². The molecule has 1 aromatic rings. The maximum absolute atomic E-state index is 10.6. The molecule has 114 valence electrons. The van der Waals surface area contributed by atoms with Gasteiger partial charge in [0.25, 0.3) is 0 Å². The maximum Gasteiger partial charge on any atom is 0.328 e. The van der Waals surface area contributed by atoms with Gasteiger partial charge in [-0.3, -0.25) is 0 Å². The van der Waals surface area contributed by atoms with Crippen molar-refractivity contribution in [2.75, 3.05) is 0 Å². The van der Waals surface area contributed by atoms with E-state index in [1.54, 1.807) is 6.92 Å². The zero-order valence-corrected chi connectivity index (χ0v) is 13.2. The van der Waals surface area contributed by atoms with Gasteiger partial charge >= 0.3 is 5.97 Å². The van der Waals surface area contributed by atoms with E-state index in [0.717, 1.165) is 18.4 Å². The predicted octanol–water partition coefficient (Wildman–Crippen LogP) is 4.94. The minimum absolute atomic E-state index is 0.729. The molecule has 1 aliphatic rings. The van der Waals surface area contributed by atoms with Gasteiger partial charge in [-0.15, -0.1) is 0 Å². The first kappa shape index (κ1) is 16.0. The van der Waals surface area contributed by atoms with Crippen molar-refractivity contribution in [2.24, 2.45) is 0 Å². The third-order valence-electron chi connectivity index (χ3n) is 3.73. The molecule has 0 radical (unpaired) electrons. The van der Waals surface area contributed by atoms with Gasteiger partial charge in [0.1, 0.15) is 0 Å². The largest absolute Gasteiger partial charge is 0.478 e. The van der Waals surface area contributed by atoms with E-state index in [-0.39, 0.29) is 0 Å². The van der Waals surface area contributed by atoms with Gasteiger partial charge in [0, 0.05) is 6.08 Å². The molecular formula is C20H22O2. The summed E-state index contributed by atoms with van der Waals surface area (Å²) in [7, 11) is 0. The van der Waals surface area contributed by atoms with Crippen LogP contribution < -0.4 is 0 Å². The van der Waals surface area contributed by atoms with Crippen LogP contribution in [0, 0.1) is 0 Å². The molecule has 0 bridgehead atoms. The van der Waals surface area contributed by atoms with Gasteiger partial charge in [0.2, 0.25) is 0 Å². The molecule has 0 saturated carbocycles. The molecule has 2 nitrogen and oxygen atoms in total. The second-order valence-corrected chi connectivity index (χ2v) is 5.68. The van der Waals surface area contributed by atoms with Gasteiger partial charge in [-0.1, -0.05) is 54.1 Å². The summed E-state index contributed by atoms with van der Waals surface area (Å²) in [6.45, 7) is 3.86. The Balaban J connectivity index is 2.15. The quantitative estimate of drug-likeness (QED) is 0.631. The molecule has 2 rings (SSSR count). The zero-order valence-electron chi connectivity index (χ0n) is 13.2. The molecule has 1 aliphatic carbocycles. The lowest BCUT2D eigenvalue weighted by molar-refractivity contribution is -0.131. The van der Waals surface area contributed by atoms with Gasteiger partial charge < -0.3 is 5.11 Å². The minimum Gasteiger partial charge on any atom is -0.478 e. The van der Waals surface area contributed by atoms with E-state index in [0.29, 0.717) is 0 Å². The first-order valence-corrected chi connectivity index (χ1v) is 7.61. The molecule has 0 amide bonds. The van der Waals surface area contributed by atoms with Crippen LogP contribution in [0.4, 0.5) is 0 Å². The van der Waals surface area contributed by atoms with Crippen LogP contribution in [0.3, 0.4) is 0 Å². The van der Waals surface area contributed by atoms with E-state index in [2.05, 4.69) is 37.3 Å². The molecule has 1 N–H and O–H groups in total. The van der Waals surface area contributed by atoms with Crippen molar-refractivity contribution in [3.63, 3.8) is 0 Å². The maximum atomic E-state index is 10.6. The number of fused-ring (bicyclic) bond motifs is 1. The highest BCUT2D eigenvalue weighted by Crippen LogP contribution is 2.31. The van der Waals surface area contributed by atoms with Crippen LogP contribution in [0.25, 0.3) is 5.57 Å². The van der Waals surface area contributed by atoms with E-state index >= 15 is 0 Å². The van der Waals surface area contributed by atoms with Crippen molar-refractivity contribution in [3.8, 4) is 0 Å². The predicted molar refractivity (Wildman–Crippen MR) is 91.6 cm³/mol. The number of carbonyl (C=O) groups is 1. The van der Waals surface area contributed by atoms with E-state index in [4.69, 9.17) is 5.11 Å². The number of carboxylic acids is 1. The molecule has 0 fully saturated rings. The average molecular weight is 294 g/mol. The van der Waals surface area contributed by atoms with Crippen molar-refractivity contribution in [3.05, 3.63) is 76.9 Å². The smallest absolute Gasteiger partial charge is 0.328 e. The second-order valence-electron chi connectivity index (χ2n) is 5.68. The third kappa shape index (κ3) is 4.59. The number of hydrogen-bond donors (Lipinski definition) is 1. The average Bonchev–Trinajstić information content (AvgIpc) is 2.47. The molecule has 0 aromatic heterocycles. The lowest BCUT2D eigenvalue weighted by Gasteiger charge is -2.18. The number of hydrogen-bond acceptors (Lipinski definition) is 1. The first-order valence-electron chi connectivity index (χ1n) is 7.61.